The van der Waals surface area contributed by atoms with Crippen LogP contribution in [0.1, 0.15) is 28.4 Å². The molecule has 0 spiro atoms. The lowest BCUT2D eigenvalue weighted by molar-refractivity contribution is -0.385. The third-order valence-corrected chi connectivity index (χ3v) is 4.44. The molecule has 0 radical (unpaired) electrons. The molecule has 1 aliphatic rings. The summed E-state index contributed by atoms with van der Waals surface area (Å²) in [5.41, 5.74) is 1.77. The molecule has 0 fully saturated rings. The van der Waals surface area contributed by atoms with Crippen LogP contribution in [0.5, 0.6) is 0 Å². The van der Waals surface area contributed by atoms with Crippen molar-refractivity contribution in [3.05, 3.63) is 69.3 Å². The lowest BCUT2D eigenvalue weighted by Crippen LogP contribution is -2.38. The van der Waals surface area contributed by atoms with Crippen LogP contribution in [0.25, 0.3) is 0 Å². The van der Waals surface area contributed by atoms with Gasteiger partial charge in [0.25, 0.3) is 11.6 Å². The van der Waals surface area contributed by atoms with E-state index in [-0.39, 0.29) is 23.2 Å². The van der Waals surface area contributed by atoms with Crippen molar-refractivity contribution >= 4 is 23.3 Å². The number of rotatable bonds is 4. The van der Waals surface area contributed by atoms with Crippen molar-refractivity contribution in [2.45, 2.75) is 26.3 Å². The summed E-state index contributed by atoms with van der Waals surface area (Å²) in [6, 6.07) is 11.9. The number of carbonyl (C=O) groups excluding carboxylic acids is 2. The van der Waals surface area contributed by atoms with Crippen LogP contribution in [0, 0.1) is 17.0 Å². The van der Waals surface area contributed by atoms with E-state index in [4.69, 9.17) is 4.74 Å². The number of aryl methyl sites for hydroxylation is 1. The summed E-state index contributed by atoms with van der Waals surface area (Å²) in [5.74, 6) is -1.24. The summed E-state index contributed by atoms with van der Waals surface area (Å²) in [6.45, 7) is 3.00. The predicted octanol–water partition coefficient (Wildman–Crippen LogP) is 3.04. The molecule has 0 N–H and O–H groups in total. The number of nitrogens with zero attached hydrogens (tertiary/aromatic N) is 2. The van der Waals surface area contributed by atoms with E-state index in [0.29, 0.717) is 5.56 Å². The summed E-state index contributed by atoms with van der Waals surface area (Å²) >= 11 is 0. The van der Waals surface area contributed by atoms with Crippen LogP contribution >= 0.6 is 0 Å². The minimum atomic E-state index is -0.881. The second-order valence-corrected chi connectivity index (χ2v) is 6.25. The number of carbonyl (C=O) groups is 2. The van der Waals surface area contributed by atoms with Gasteiger partial charge in [0.15, 0.2) is 6.61 Å². The molecule has 0 bridgehead atoms. The zero-order valence-electron chi connectivity index (χ0n) is 14.5. The van der Waals surface area contributed by atoms with Crippen LogP contribution in [-0.4, -0.2) is 29.4 Å². The number of hydrogen-bond donors (Lipinski definition) is 0. The molecule has 1 unspecified atom stereocenters. The van der Waals surface area contributed by atoms with Crippen molar-refractivity contribution in [3.63, 3.8) is 0 Å². The van der Waals surface area contributed by atoms with Crippen LogP contribution in [0.3, 0.4) is 0 Å². The van der Waals surface area contributed by atoms with Gasteiger partial charge in [0.1, 0.15) is 5.56 Å². The minimum Gasteiger partial charge on any atom is -0.452 e. The number of anilines is 1. The Morgan fingerprint density at radius 1 is 1.23 bits per heavy atom. The summed E-state index contributed by atoms with van der Waals surface area (Å²) in [7, 11) is 0. The smallest absolute Gasteiger partial charge is 0.345 e. The molecular weight excluding hydrogens is 336 g/mol. The first kappa shape index (κ1) is 17.6. The molecule has 1 aliphatic heterocycles. The monoisotopic (exact) mass is 354 g/mol. The number of amides is 1. The number of hydrogen-bond acceptors (Lipinski definition) is 5. The van der Waals surface area contributed by atoms with E-state index in [1.807, 2.05) is 31.2 Å². The molecule has 7 heteroatoms. The van der Waals surface area contributed by atoms with Crippen molar-refractivity contribution in [1.82, 2.24) is 0 Å². The Balaban J connectivity index is 1.74. The largest absolute Gasteiger partial charge is 0.452 e. The molecule has 1 amide bonds. The fourth-order valence-electron chi connectivity index (χ4n) is 3.29. The van der Waals surface area contributed by atoms with E-state index < -0.39 is 17.5 Å². The molecule has 7 nitrogen and oxygen atoms in total. The molecule has 0 saturated heterocycles. The number of nitro benzene ring substituents is 1. The zero-order chi connectivity index (χ0) is 18.8. The van der Waals surface area contributed by atoms with Crippen molar-refractivity contribution < 1.29 is 19.2 Å². The molecule has 0 saturated carbocycles. The molecule has 1 atom stereocenters. The van der Waals surface area contributed by atoms with Crippen LogP contribution in [-0.2, 0) is 16.0 Å². The predicted molar refractivity (Wildman–Crippen MR) is 95.2 cm³/mol. The number of esters is 1. The van der Waals surface area contributed by atoms with Crippen molar-refractivity contribution in [2.75, 3.05) is 11.5 Å². The minimum absolute atomic E-state index is 0.0353. The van der Waals surface area contributed by atoms with Crippen LogP contribution < -0.4 is 4.90 Å². The van der Waals surface area contributed by atoms with E-state index in [1.54, 1.807) is 24.0 Å². The number of benzene rings is 2. The summed E-state index contributed by atoms with van der Waals surface area (Å²) < 4.78 is 5.08. The standard InChI is InChI=1S/C19H18N2O5/c1-12-6-5-8-15(18(12)21(24)25)19(23)26-11-17(22)20-13(2)10-14-7-3-4-9-16(14)20/h3-9,13H,10-11H2,1-2H3. The van der Waals surface area contributed by atoms with Crippen LogP contribution in [0.4, 0.5) is 11.4 Å². The Morgan fingerprint density at radius 2 is 1.96 bits per heavy atom. The average Bonchev–Trinajstić information content (AvgIpc) is 2.94. The van der Waals surface area contributed by atoms with Crippen LogP contribution in [0.2, 0.25) is 0 Å². The van der Waals surface area contributed by atoms with Gasteiger partial charge in [-0.3, -0.25) is 14.9 Å². The number of fused-ring (bicyclic) bond motifs is 1. The highest BCUT2D eigenvalue weighted by Gasteiger charge is 2.31. The van der Waals surface area contributed by atoms with Gasteiger partial charge < -0.3 is 9.64 Å². The first-order chi connectivity index (χ1) is 12.4. The van der Waals surface area contributed by atoms with Gasteiger partial charge in [0, 0.05) is 17.3 Å². The first-order valence-corrected chi connectivity index (χ1v) is 8.21. The SMILES string of the molecule is Cc1cccc(C(=O)OCC(=O)N2c3ccccc3CC2C)c1[N+](=O)[O-]. The van der Waals surface area contributed by atoms with Crippen molar-refractivity contribution in [3.8, 4) is 0 Å². The van der Waals surface area contributed by atoms with Crippen molar-refractivity contribution in [2.24, 2.45) is 0 Å². The third-order valence-electron chi connectivity index (χ3n) is 4.44. The first-order valence-electron chi connectivity index (χ1n) is 8.21. The maximum absolute atomic E-state index is 12.6. The van der Waals surface area contributed by atoms with Gasteiger partial charge in [-0.1, -0.05) is 30.3 Å². The fraction of sp³-hybridized carbons (Fsp3) is 0.263. The second-order valence-electron chi connectivity index (χ2n) is 6.25. The van der Waals surface area contributed by atoms with E-state index in [1.165, 1.54) is 6.07 Å². The molecular formula is C19H18N2O5. The Kier molecular flexibility index (Phi) is 4.71. The van der Waals surface area contributed by atoms with Gasteiger partial charge in [0.05, 0.1) is 4.92 Å². The molecule has 2 aromatic carbocycles. The molecule has 134 valence electrons. The van der Waals surface area contributed by atoms with E-state index in [2.05, 4.69) is 0 Å². The van der Waals surface area contributed by atoms with Crippen LogP contribution in [0.15, 0.2) is 42.5 Å². The third kappa shape index (κ3) is 3.15. The Hall–Kier alpha value is -3.22. The summed E-state index contributed by atoms with van der Waals surface area (Å²) in [4.78, 5) is 37.0. The molecule has 0 aliphatic carbocycles. The van der Waals surface area contributed by atoms with Gasteiger partial charge in [0.2, 0.25) is 0 Å². The zero-order valence-corrected chi connectivity index (χ0v) is 14.5. The van der Waals surface area contributed by atoms with Gasteiger partial charge in [-0.25, -0.2) is 4.79 Å². The highest BCUT2D eigenvalue weighted by atomic mass is 16.6. The summed E-state index contributed by atoms with van der Waals surface area (Å²) in [5, 5.41) is 11.2. The maximum atomic E-state index is 12.6. The number of nitro groups is 1. The number of ether oxygens (including phenoxy) is 1. The molecule has 3 rings (SSSR count). The van der Waals surface area contributed by atoms with E-state index in [9.17, 15) is 19.7 Å². The van der Waals surface area contributed by atoms with Gasteiger partial charge >= 0.3 is 5.97 Å². The maximum Gasteiger partial charge on any atom is 0.345 e. The average molecular weight is 354 g/mol. The summed E-state index contributed by atoms with van der Waals surface area (Å²) in [6.07, 6.45) is 0.735. The van der Waals surface area contributed by atoms with E-state index in [0.717, 1.165) is 17.7 Å². The van der Waals surface area contributed by atoms with Gasteiger partial charge in [-0.15, -0.1) is 0 Å². The Bertz CT molecular complexity index is 893. The molecule has 26 heavy (non-hydrogen) atoms. The Morgan fingerprint density at radius 3 is 2.69 bits per heavy atom. The Labute approximate surface area is 150 Å². The normalized spacial score (nSPS) is 15.5. The fourth-order valence-corrected chi connectivity index (χ4v) is 3.29. The molecule has 0 aromatic heterocycles. The molecule has 2 aromatic rings. The highest BCUT2D eigenvalue weighted by Crippen LogP contribution is 2.32. The lowest BCUT2D eigenvalue weighted by atomic mass is 10.1. The molecule has 1 heterocycles. The van der Waals surface area contributed by atoms with E-state index >= 15 is 0 Å². The quantitative estimate of drug-likeness (QED) is 0.478. The highest BCUT2D eigenvalue weighted by molar-refractivity contribution is 6.00. The number of para-hydroxylation sites is 2. The topological polar surface area (TPSA) is 89.8 Å². The van der Waals surface area contributed by atoms with Crippen molar-refractivity contribution in [1.29, 1.82) is 0 Å². The van der Waals surface area contributed by atoms with Gasteiger partial charge in [-0.2, -0.15) is 0 Å². The second kappa shape index (κ2) is 6.95. The van der Waals surface area contributed by atoms with Gasteiger partial charge in [-0.05, 0) is 38.0 Å². The lowest BCUT2D eigenvalue weighted by Gasteiger charge is -2.22.